The van der Waals surface area contributed by atoms with Gasteiger partial charge in [-0.15, -0.1) is 5.10 Å². The Morgan fingerprint density at radius 2 is 1.96 bits per heavy atom. The Morgan fingerprint density at radius 3 is 2.77 bits per heavy atom. The Hall–Kier alpha value is -3.29. The van der Waals surface area contributed by atoms with Gasteiger partial charge in [-0.05, 0) is 39.8 Å². The monoisotopic (exact) mass is 353 g/mol. The molecule has 0 saturated heterocycles. The van der Waals surface area contributed by atoms with Gasteiger partial charge in [0.05, 0.1) is 0 Å². The fraction of sp³-hybridized carbons (Fsp3) is 0.278. The second-order valence-corrected chi connectivity index (χ2v) is 5.72. The highest BCUT2D eigenvalue weighted by Gasteiger charge is 2.12. The molecule has 8 heteroatoms. The molecule has 0 saturated carbocycles. The zero-order valence-corrected chi connectivity index (χ0v) is 14.4. The van der Waals surface area contributed by atoms with Gasteiger partial charge in [-0.1, -0.05) is 37.3 Å². The van der Waals surface area contributed by atoms with E-state index in [9.17, 15) is 9.59 Å². The van der Waals surface area contributed by atoms with Crippen LogP contribution in [0.4, 0.5) is 0 Å². The van der Waals surface area contributed by atoms with Gasteiger partial charge in [-0.3, -0.25) is 9.59 Å². The number of nitrogens with one attached hydrogen (secondary N) is 1. The molecule has 0 fully saturated rings. The molecule has 1 aromatic heterocycles. The van der Waals surface area contributed by atoms with Crippen molar-refractivity contribution < 1.29 is 14.3 Å². The summed E-state index contributed by atoms with van der Waals surface area (Å²) >= 11 is 0. The molecule has 0 unspecified atom stereocenters. The summed E-state index contributed by atoms with van der Waals surface area (Å²) in [7, 11) is 0. The van der Waals surface area contributed by atoms with E-state index in [0.717, 1.165) is 17.2 Å². The highest BCUT2D eigenvalue weighted by molar-refractivity contribution is 5.99. The number of amides is 1. The number of hydrogen-bond acceptors (Lipinski definition) is 6. The predicted octanol–water partition coefficient (Wildman–Crippen LogP) is 1.71. The van der Waals surface area contributed by atoms with Crippen LogP contribution in [0.2, 0.25) is 0 Å². The van der Waals surface area contributed by atoms with Crippen molar-refractivity contribution in [2.75, 3.05) is 6.54 Å². The summed E-state index contributed by atoms with van der Waals surface area (Å²) in [5.74, 6) is -0.408. The van der Waals surface area contributed by atoms with E-state index in [2.05, 4.69) is 20.8 Å². The van der Waals surface area contributed by atoms with Crippen molar-refractivity contribution in [3.63, 3.8) is 0 Å². The number of rotatable bonds is 7. The van der Waals surface area contributed by atoms with Crippen molar-refractivity contribution >= 4 is 22.6 Å². The first-order chi connectivity index (χ1) is 12.7. The van der Waals surface area contributed by atoms with Crippen LogP contribution >= 0.6 is 0 Å². The van der Waals surface area contributed by atoms with Crippen molar-refractivity contribution in [2.24, 2.45) is 0 Å². The minimum atomic E-state index is -0.551. The van der Waals surface area contributed by atoms with Crippen LogP contribution in [0, 0.1) is 0 Å². The standard InChI is InChI=1S/C18H19N5O3/c1-2-9-23-16(20-21-22-23)12-26-17(24)11-19-18(25)15-8-7-13-5-3-4-6-14(13)10-15/h3-8,10H,2,9,11-12H2,1H3,(H,19,25). The van der Waals surface area contributed by atoms with E-state index in [4.69, 9.17) is 4.74 Å². The lowest BCUT2D eigenvalue weighted by molar-refractivity contribution is -0.144. The Balaban J connectivity index is 1.51. The van der Waals surface area contributed by atoms with Gasteiger partial charge in [0.25, 0.3) is 5.91 Å². The van der Waals surface area contributed by atoms with E-state index in [1.54, 1.807) is 16.8 Å². The first kappa shape index (κ1) is 17.5. The fourth-order valence-corrected chi connectivity index (χ4v) is 2.49. The van der Waals surface area contributed by atoms with Gasteiger partial charge >= 0.3 is 5.97 Å². The molecule has 0 spiro atoms. The van der Waals surface area contributed by atoms with E-state index in [1.807, 2.05) is 37.3 Å². The lowest BCUT2D eigenvalue weighted by Gasteiger charge is -2.07. The maximum absolute atomic E-state index is 12.2. The smallest absolute Gasteiger partial charge is 0.325 e. The molecule has 3 rings (SSSR count). The average molecular weight is 353 g/mol. The van der Waals surface area contributed by atoms with Crippen molar-refractivity contribution in [3.05, 3.63) is 53.9 Å². The summed E-state index contributed by atoms with van der Waals surface area (Å²) in [6, 6.07) is 13.1. The predicted molar refractivity (Wildman–Crippen MR) is 94.2 cm³/mol. The highest BCUT2D eigenvalue weighted by Crippen LogP contribution is 2.15. The fourth-order valence-electron chi connectivity index (χ4n) is 2.49. The summed E-state index contributed by atoms with van der Waals surface area (Å²) in [5, 5.41) is 15.8. The van der Waals surface area contributed by atoms with Crippen molar-refractivity contribution in [1.29, 1.82) is 0 Å². The topological polar surface area (TPSA) is 99.0 Å². The van der Waals surface area contributed by atoms with E-state index in [-0.39, 0.29) is 19.1 Å². The maximum atomic E-state index is 12.2. The Kier molecular flexibility index (Phi) is 5.52. The molecule has 0 bridgehead atoms. The van der Waals surface area contributed by atoms with Crippen LogP contribution in [0.25, 0.3) is 10.8 Å². The van der Waals surface area contributed by atoms with E-state index in [1.165, 1.54) is 0 Å². The number of ether oxygens (including phenoxy) is 1. The number of tetrazole rings is 1. The second kappa shape index (κ2) is 8.19. The molecule has 1 amide bonds. The summed E-state index contributed by atoms with van der Waals surface area (Å²) < 4.78 is 6.70. The molecule has 1 N–H and O–H groups in total. The minimum absolute atomic E-state index is 0.0301. The number of benzene rings is 2. The molecular weight excluding hydrogens is 334 g/mol. The zero-order chi connectivity index (χ0) is 18.4. The third-order valence-corrected chi connectivity index (χ3v) is 3.81. The van der Waals surface area contributed by atoms with E-state index < -0.39 is 5.97 Å². The first-order valence-corrected chi connectivity index (χ1v) is 8.35. The molecule has 0 aliphatic rings. The quantitative estimate of drug-likeness (QED) is 0.649. The number of carbonyl (C=O) groups is 2. The number of aromatic nitrogens is 4. The zero-order valence-electron chi connectivity index (χ0n) is 14.4. The first-order valence-electron chi connectivity index (χ1n) is 8.35. The Bertz CT molecular complexity index is 922. The number of hydrogen-bond donors (Lipinski definition) is 1. The van der Waals surface area contributed by atoms with Crippen LogP contribution in [-0.4, -0.2) is 38.6 Å². The Labute approximate surface area is 150 Å². The van der Waals surface area contributed by atoms with Crippen molar-refractivity contribution in [3.8, 4) is 0 Å². The third-order valence-electron chi connectivity index (χ3n) is 3.81. The number of esters is 1. The van der Waals surface area contributed by atoms with Crippen LogP contribution in [0.15, 0.2) is 42.5 Å². The average Bonchev–Trinajstić information content (AvgIpc) is 3.11. The van der Waals surface area contributed by atoms with Gasteiger partial charge in [0.2, 0.25) is 0 Å². The molecule has 0 atom stereocenters. The van der Waals surface area contributed by atoms with E-state index >= 15 is 0 Å². The van der Waals surface area contributed by atoms with Gasteiger partial charge in [-0.2, -0.15) is 0 Å². The maximum Gasteiger partial charge on any atom is 0.325 e. The highest BCUT2D eigenvalue weighted by atomic mass is 16.5. The largest absolute Gasteiger partial charge is 0.456 e. The molecule has 3 aromatic rings. The molecule has 2 aromatic carbocycles. The van der Waals surface area contributed by atoms with Crippen LogP contribution in [0.5, 0.6) is 0 Å². The molecule has 0 aliphatic heterocycles. The van der Waals surface area contributed by atoms with Crippen molar-refractivity contribution in [2.45, 2.75) is 26.5 Å². The lowest BCUT2D eigenvalue weighted by Crippen LogP contribution is -2.30. The molecule has 134 valence electrons. The van der Waals surface area contributed by atoms with Crippen LogP contribution in [-0.2, 0) is 22.7 Å². The van der Waals surface area contributed by atoms with Crippen molar-refractivity contribution in [1.82, 2.24) is 25.5 Å². The van der Waals surface area contributed by atoms with Gasteiger partial charge in [0.1, 0.15) is 6.54 Å². The van der Waals surface area contributed by atoms with Gasteiger partial charge in [0, 0.05) is 12.1 Å². The molecule has 8 nitrogen and oxygen atoms in total. The van der Waals surface area contributed by atoms with Crippen LogP contribution < -0.4 is 5.32 Å². The van der Waals surface area contributed by atoms with Gasteiger partial charge in [0.15, 0.2) is 12.4 Å². The SMILES string of the molecule is CCCn1nnnc1COC(=O)CNC(=O)c1ccc2ccccc2c1. The molecular formula is C18H19N5O3. The number of nitrogens with zero attached hydrogens (tertiary/aromatic N) is 4. The minimum Gasteiger partial charge on any atom is -0.456 e. The number of aryl methyl sites for hydroxylation is 1. The second-order valence-electron chi connectivity index (χ2n) is 5.72. The molecule has 26 heavy (non-hydrogen) atoms. The Morgan fingerprint density at radius 1 is 1.15 bits per heavy atom. The van der Waals surface area contributed by atoms with E-state index in [0.29, 0.717) is 17.9 Å². The lowest BCUT2D eigenvalue weighted by atomic mass is 10.1. The number of fused-ring (bicyclic) bond motifs is 1. The normalized spacial score (nSPS) is 10.7. The summed E-state index contributed by atoms with van der Waals surface area (Å²) in [4.78, 5) is 24.1. The number of carbonyl (C=O) groups excluding carboxylic acids is 2. The molecule has 1 heterocycles. The van der Waals surface area contributed by atoms with Gasteiger partial charge < -0.3 is 10.1 Å². The summed E-state index contributed by atoms with van der Waals surface area (Å²) in [5.41, 5.74) is 0.489. The summed E-state index contributed by atoms with van der Waals surface area (Å²) in [6.45, 7) is 2.40. The van der Waals surface area contributed by atoms with Gasteiger partial charge in [-0.25, -0.2) is 4.68 Å². The third kappa shape index (κ3) is 4.21. The molecule has 0 aliphatic carbocycles. The van der Waals surface area contributed by atoms with Crippen LogP contribution in [0.1, 0.15) is 29.5 Å². The molecule has 0 radical (unpaired) electrons. The summed E-state index contributed by atoms with van der Waals surface area (Å²) in [6.07, 6.45) is 0.869. The van der Waals surface area contributed by atoms with Crippen LogP contribution in [0.3, 0.4) is 0 Å².